The van der Waals surface area contributed by atoms with Gasteiger partial charge in [0.05, 0.1) is 0 Å². The van der Waals surface area contributed by atoms with E-state index in [2.05, 4.69) is 59.6 Å². The van der Waals surface area contributed by atoms with E-state index in [1.165, 1.54) is 6.04 Å². The summed E-state index contributed by atoms with van der Waals surface area (Å²) >= 11 is 3.49. The highest BCUT2D eigenvalue weighted by Gasteiger charge is 2.09. The van der Waals surface area contributed by atoms with Crippen molar-refractivity contribution in [1.29, 1.82) is 0 Å². The van der Waals surface area contributed by atoms with E-state index in [-0.39, 0.29) is 0 Å². The van der Waals surface area contributed by atoms with Crippen LogP contribution in [0.25, 0.3) is 0 Å². The first kappa shape index (κ1) is 19.2. The van der Waals surface area contributed by atoms with Crippen molar-refractivity contribution in [3.8, 4) is 11.8 Å². The fourth-order valence-corrected chi connectivity index (χ4v) is 3.30. The van der Waals surface area contributed by atoms with Crippen LogP contribution in [-0.4, -0.2) is 19.3 Å². The monoisotopic (exact) mass is 378 g/mol. The van der Waals surface area contributed by atoms with Crippen molar-refractivity contribution in [1.82, 2.24) is 0 Å². The number of hydrogen-bond donors (Lipinski definition) is 1. The fourth-order valence-electron chi connectivity index (χ4n) is 1.98. The fraction of sp³-hybridized carbons (Fsp3) is 0.474. The number of hydrogen-bond acceptors (Lipinski definition) is 1. The molecule has 0 amide bonds. The average Bonchev–Trinajstić information content (AvgIpc) is 2.43. The lowest BCUT2D eigenvalue weighted by Gasteiger charge is -2.11. The normalized spacial score (nSPS) is 13.0. The van der Waals surface area contributed by atoms with E-state index in [0.717, 1.165) is 29.3 Å². The summed E-state index contributed by atoms with van der Waals surface area (Å²) in [6.45, 7) is 7.15. The van der Waals surface area contributed by atoms with Crippen molar-refractivity contribution < 1.29 is 5.11 Å². The third-order valence-electron chi connectivity index (χ3n) is 3.21. The number of rotatable bonds is 7. The van der Waals surface area contributed by atoms with E-state index in [1.54, 1.807) is 0 Å². The summed E-state index contributed by atoms with van der Waals surface area (Å²) < 4.78 is 1.03. The largest absolute Gasteiger partial charge is 0.380 e. The van der Waals surface area contributed by atoms with Gasteiger partial charge in [0.25, 0.3) is 0 Å². The molecule has 0 aliphatic carbocycles. The molecule has 1 aromatic rings. The van der Waals surface area contributed by atoms with Gasteiger partial charge in [-0.15, -0.1) is 5.92 Å². The second kappa shape index (κ2) is 10.0. The molecule has 0 heterocycles. The Balaban J connectivity index is 2.23. The minimum atomic E-state index is -0.941. The number of benzene rings is 1. The molecule has 0 aliphatic rings. The standard InChI is InChI=1S/C19H27BrOSi/c1-22(2,3)15-11-7-5-4-6-8-13-18(21)16-17-12-9-10-14-19(17)20/h7,9-12,14,18,21H,4-6,15-16H2,1-3H3/b11-7-. The summed E-state index contributed by atoms with van der Waals surface area (Å²) in [4.78, 5) is 0. The summed E-state index contributed by atoms with van der Waals surface area (Å²) in [6, 6.07) is 9.21. The van der Waals surface area contributed by atoms with Crippen LogP contribution in [0.15, 0.2) is 40.9 Å². The minimum absolute atomic E-state index is 0.574. The van der Waals surface area contributed by atoms with Crippen molar-refractivity contribution >= 4 is 24.0 Å². The number of allylic oxidation sites excluding steroid dienone is 2. The van der Waals surface area contributed by atoms with E-state index in [4.69, 9.17) is 0 Å². The molecule has 0 radical (unpaired) electrons. The van der Waals surface area contributed by atoms with Crippen LogP contribution in [0.4, 0.5) is 0 Å². The molecule has 1 nitrogen and oxygen atoms in total. The molecular formula is C19H27BrOSi. The zero-order valence-corrected chi connectivity index (χ0v) is 16.5. The second-order valence-electron chi connectivity index (χ2n) is 6.76. The Hall–Kier alpha value is -0.823. The molecule has 1 aromatic carbocycles. The first-order chi connectivity index (χ1) is 10.4. The van der Waals surface area contributed by atoms with Gasteiger partial charge in [-0.2, -0.15) is 0 Å². The van der Waals surface area contributed by atoms with Crippen molar-refractivity contribution in [2.45, 2.75) is 57.5 Å². The average molecular weight is 379 g/mol. The van der Waals surface area contributed by atoms with Gasteiger partial charge < -0.3 is 5.11 Å². The smallest absolute Gasteiger partial charge is 0.118 e. The maximum absolute atomic E-state index is 9.95. The molecule has 0 saturated carbocycles. The molecule has 1 N–H and O–H groups in total. The zero-order chi connectivity index (χ0) is 16.4. The Labute approximate surface area is 145 Å². The van der Waals surface area contributed by atoms with Gasteiger partial charge in [0.1, 0.15) is 6.10 Å². The van der Waals surface area contributed by atoms with Crippen LogP contribution in [0.2, 0.25) is 25.7 Å². The maximum Gasteiger partial charge on any atom is 0.118 e. The molecule has 0 fully saturated rings. The molecule has 1 atom stereocenters. The topological polar surface area (TPSA) is 20.2 Å². The Morgan fingerprint density at radius 2 is 1.95 bits per heavy atom. The summed E-state index contributed by atoms with van der Waals surface area (Å²) in [6.07, 6.45) is 7.59. The predicted octanol–water partition coefficient (Wildman–Crippen LogP) is 5.42. The third kappa shape index (κ3) is 9.25. The van der Waals surface area contributed by atoms with E-state index in [0.29, 0.717) is 6.42 Å². The zero-order valence-electron chi connectivity index (χ0n) is 13.9. The van der Waals surface area contributed by atoms with Crippen LogP contribution in [0.5, 0.6) is 0 Å². The van der Waals surface area contributed by atoms with Gasteiger partial charge in [-0.25, -0.2) is 0 Å². The molecule has 0 aliphatic heterocycles. The Kier molecular flexibility index (Phi) is 8.78. The van der Waals surface area contributed by atoms with Crippen molar-refractivity contribution in [2.24, 2.45) is 0 Å². The summed E-state index contributed by atoms with van der Waals surface area (Å²) in [5.74, 6) is 6.03. The molecule has 3 heteroatoms. The van der Waals surface area contributed by atoms with Gasteiger partial charge in [0.2, 0.25) is 0 Å². The van der Waals surface area contributed by atoms with Crippen LogP contribution in [0, 0.1) is 11.8 Å². The highest BCUT2D eigenvalue weighted by Crippen LogP contribution is 2.17. The predicted molar refractivity (Wildman–Crippen MR) is 103 cm³/mol. The molecule has 0 bridgehead atoms. The summed E-state index contributed by atoms with van der Waals surface area (Å²) in [5.41, 5.74) is 1.10. The molecule has 0 spiro atoms. The molecular weight excluding hydrogens is 352 g/mol. The first-order valence-electron chi connectivity index (χ1n) is 7.93. The highest BCUT2D eigenvalue weighted by molar-refractivity contribution is 9.10. The Morgan fingerprint density at radius 1 is 1.23 bits per heavy atom. The molecule has 0 saturated heterocycles. The highest BCUT2D eigenvalue weighted by atomic mass is 79.9. The summed E-state index contributed by atoms with van der Waals surface area (Å²) in [7, 11) is -0.941. The number of aliphatic hydroxyl groups is 1. The molecule has 22 heavy (non-hydrogen) atoms. The van der Waals surface area contributed by atoms with Gasteiger partial charge in [-0.1, -0.05) is 71.8 Å². The van der Waals surface area contributed by atoms with E-state index >= 15 is 0 Å². The van der Waals surface area contributed by atoms with Gasteiger partial charge in [0.15, 0.2) is 0 Å². The summed E-state index contributed by atoms with van der Waals surface area (Å²) in [5, 5.41) is 9.95. The van der Waals surface area contributed by atoms with Gasteiger partial charge in [0, 0.05) is 25.4 Å². The maximum atomic E-state index is 9.95. The lowest BCUT2D eigenvalue weighted by atomic mass is 10.1. The minimum Gasteiger partial charge on any atom is -0.380 e. The Morgan fingerprint density at radius 3 is 2.64 bits per heavy atom. The van der Waals surface area contributed by atoms with Crippen LogP contribution >= 0.6 is 15.9 Å². The second-order valence-corrected chi connectivity index (χ2v) is 13.1. The van der Waals surface area contributed by atoms with Crippen LogP contribution in [0.3, 0.4) is 0 Å². The lowest BCUT2D eigenvalue weighted by molar-refractivity contribution is 0.233. The Bertz CT molecular complexity index is 534. The third-order valence-corrected chi connectivity index (χ3v) is 5.44. The van der Waals surface area contributed by atoms with E-state index in [9.17, 15) is 5.11 Å². The lowest BCUT2D eigenvalue weighted by Crippen LogP contribution is -2.17. The quantitative estimate of drug-likeness (QED) is 0.290. The van der Waals surface area contributed by atoms with Crippen LogP contribution in [0.1, 0.15) is 24.8 Å². The number of aliphatic hydroxyl groups excluding tert-OH is 1. The van der Waals surface area contributed by atoms with Gasteiger partial charge in [-0.05, 0) is 30.5 Å². The van der Waals surface area contributed by atoms with E-state index in [1.807, 2.05) is 24.3 Å². The van der Waals surface area contributed by atoms with Gasteiger partial charge >= 0.3 is 0 Å². The van der Waals surface area contributed by atoms with Crippen molar-refractivity contribution in [3.63, 3.8) is 0 Å². The van der Waals surface area contributed by atoms with Crippen LogP contribution in [-0.2, 0) is 6.42 Å². The SMILES string of the molecule is C[Si](C)(C)C/C=C\CCCC#CC(O)Cc1ccccc1Br. The van der Waals surface area contributed by atoms with Crippen LogP contribution < -0.4 is 0 Å². The molecule has 120 valence electrons. The number of halogens is 1. The van der Waals surface area contributed by atoms with E-state index < -0.39 is 14.2 Å². The molecule has 0 aromatic heterocycles. The molecule has 1 rings (SSSR count). The molecule has 1 unspecified atom stereocenters. The van der Waals surface area contributed by atoms with Gasteiger partial charge in [-0.3, -0.25) is 0 Å². The number of unbranched alkanes of at least 4 members (excludes halogenated alkanes) is 2. The van der Waals surface area contributed by atoms with Crippen molar-refractivity contribution in [3.05, 3.63) is 46.5 Å². The first-order valence-corrected chi connectivity index (χ1v) is 12.4. The van der Waals surface area contributed by atoms with Crippen molar-refractivity contribution in [2.75, 3.05) is 0 Å².